The molecule has 1 N–H and O–H groups in total. The van der Waals surface area contributed by atoms with E-state index < -0.39 is 0 Å². The molecular formula is C13H17BrClNO. The molecule has 0 aliphatic rings. The van der Waals surface area contributed by atoms with Gasteiger partial charge in [0.05, 0.1) is 0 Å². The second-order valence-corrected chi connectivity index (χ2v) is 5.30. The van der Waals surface area contributed by atoms with Crippen LogP contribution >= 0.6 is 27.5 Å². The second-order valence-electron chi connectivity index (χ2n) is 4.07. The zero-order valence-electron chi connectivity index (χ0n) is 10.1. The highest BCUT2D eigenvalue weighted by Gasteiger charge is 2.12. The Morgan fingerprint density at radius 2 is 2.18 bits per heavy atom. The van der Waals surface area contributed by atoms with E-state index in [1.165, 1.54) is 0 Å². The molecular weight excluding hydrogens is 302 g/mol. The van der Waals surface area contributed by atoms with Crippen molar-refractivity contribution in [2.45, 2.75) is 32.7 Å². The molecule has 1 atom stereocenters. The molecule has 1 rings (SSSR count). The maximum absolute atomic E-state index is 12.0. The van der Waals surface area contributed by atoms with Crippen molar-refractivity contribution in [1.82, 2.24) is 5.32 Å². The smallest absolute Gasteiger partial charge is 0.251 e. The molecule has 94 valence electrons. The fourth-order valence-electron chi connectivity index (χ4n) is 1.65. The normalized spacial score (nSPS) is 12.2. The van der Waals surface area contributed by atoms with Gasteiger partial charge >= 0.3 is 0 Å². The highest BCUT2D eigenvalue weighted by molar-refractivity contribution is 9.09. The van der Waals surface area contributed by atoms with Gasteiger partial charge in [0.15, 0.2) is 0 Å². The Bertz CT molecular complexity index is 375. The van der Waals surface area contributed by atoms with Crippen LogP contribution in [0.5, 0.6) is 0 Å². The first kappa shape index (κ1) is 14.5. The maximum atomic E-state index is 12.0. The summed E-state index contributed by atoms with van der Waals surface area (Å²) in [5.41, 5.74) is 1.62. The third-order valence-electron chi connectivity index (χ3n) is 2.59. The molecule has 0 saturated heterocycles. The van der Waals surface area contributed by atoms with Crippen LogP contribution in [0.1, 0.15) is 35.7 Å². The molecule has 0 radical (unpaired) electrons. The van der Waals surface area contributed by atoms with Crippen LogP contribution in [0.15, 0.2) is 18.2 Å². The molecule has 17 heavy (non-hydrogen) atoms. The van der Waals surface area contributed by atoms with Crippen molar-refractivity contribution >= 4 is 33.4 Å². The predicted molar refractivity (Wildman–Crippen MR) is 76.1 cm³/mol. The highest BCUT2D eigenvalue weighted by atomic mass is 79.9. The van der Waals surface area contributed by atoms with E-state index in [1.54, 1.807) is 6.07 Å². The van der Waals surface area contributed by atoms with Crippen molar-refractivity contribution < 1.29 is 4.79 Å². The van der Waals surface area contributed by atoms with Gasteiger partial charge in [-0.1, -0.05) is 34.5 Å². The van der Waals surface area contributed by atoms with Crippen molar-refractivity contribution in [3.63, 3.8) is 0 Å². The van der Waals surface area contributed by atoms with Crippen LogP contribution in [0.2, 0.25) is 5.02 Å². The molecule has 1 amide bonds. The summed E-state index contributed by atoms with van der Waals surface area (Å²) >= 11 is 9.33. The van der Waals surface area contributed by atoms with Crippen molar-refractivity contribution in [3.8, 4) is 0 Å². The minimum atomic E-state index is -0.0524. The van der Waals surface area contributed by atoms with Crippen LogP contribution in [0.25, 0.3) is 0 Å². The average molecular weight is 319 g/mol. The summed E-state index contributed by atoms with van der Waals surface area (Å²) < 4.78 is 0. The van der Waals surface area contributed by atoms with Gasteiger partial charge in [-0.15, -0.1) is 0 Å². The zero-order valence-corrected chi connectivity index (χ0v) is 12.4. The van der Waals surface area contributed by atoms with Crippen LogP contribution in [-0.2, 0) is 0 Å². The third-order valence-corrected chi connectivity index (χ3v) is 3.27. The lowest BCUT2D eigenvalue weighted by molar-refractivity contribution is 0.0935. The number of carbonyl (C=O) groups excluding carboxylic acids is 1. The van der Waals surface area contributed by atoms with Crippen LogP contribution < -0.4 is 5.32 Å². The van der Waals surface area contributed by atoms with Crippen molar-refractivity contribution in [2.24, 2.45) is 0 Å². The molecule has 1 aromatic rings. The number of hydrogen-bond acceptors (Lipinski definition) is 1. The van der Waals surface area contributed by atoms with E-state index in [9.17, 15) is 4.79 Å². The standard InChI is InChI=1S/C13H17BrClNO/c1-3-12(4-5-14)16-13(17)10-6-9(2)7-11(15)8-10/h6-8,12H,3-5H2,1-2H3,(H,16,17). The summed E-state index contributed by atoms with van der Waals surface area (Å²) in [6.07, 6.45) is 1.86. The average Bonchev–Trinajstić information content (AvgIpc) is 2.27. The van der Waals surface area contributed by atoms with Gasteiger partial charge < -0.3 is 5.32 Å². The number of benzene rings is 1. The van der Waals surface area contributed by atoms with E-state index >= 15 is 0 Å². The van der Waals surface area contributed by atoms with E-state index in [2.05, 4.69) is 28.2 Å². The lowest BCUT2D eigenvalue weighted by Crippen LogP contribution is -2.34. The molecule has 0 aromatic heterocycles. The number of rotatable bonds is 5. The quantitative estimate of drug-likeness (QED) is 0.819. The number of halogens is 2. The number of carbonyl (C=O) groups is 1. The van der Waals surface area contributed by atoms with Crippen LogP contribution in [-0.4, -0.2) is 17.3 Å². The minimum Gasteiger partial charge on any atom is -0.349 e. The first-order valence-corrected chi connectivity index (χ1v) is 7.20. The van der Waals surface area contributed by atoms with Gasteiger partial charge in [-0.05, 0) is 43.5 Å². The summed E-state index contributed by atoms with van der Waals surface area (Å²) in [7, 11) is 0. The first-order chi connectivity index (χ1) is 8.06. The largest absolute Gasteiger partial charge is 0.349 e. The fraction of sp³-hybridized carbons (Fsp3) is 0.462. The lowest BCUT2D eigenvalue weighted by Gasteiger charge is -2.16. The van der Waals surface area contributed by atoms with Gasteiger partial charge in [-0.2, -0.15) is 0 Å². The predicted octanol–water partition coefficient (Wildman–Crippen LogP) is 3.94. The summed E-state index contributed by atoms with van der Waals surface area (Å²) in [6, 6.07) is 5.60. The van der Waals surface area contributed by atoms with Crippen molar-refractivity contribution in [1.29, 1.82) is 0 Å². The molecule has 0 spiro atoms. The zero-order chi connectivity index (χ0) is 12.8. The van der Waals surface area contributed by atoms with Crippen molar-refractivity contribution in [3.05, 3.63) is 34.3 Å². The van der Waals surface area contributed by atoms with Crippen LogP contribution in [0, 0.1) is 6.92 Å². The monoisotopic (exact) mass is 317 g/mol. The molecule has 0 bridgehead atoms. The molecule has 4 heteroatoms. The van der Waals surface area contributed by atoms with Gasteiger partial charge in [0.25, 0.3) is 5.91 Å². The Kier molecular flexibility index (Phi) is 6.00. The Morgan fingerprint density at radius 3 is 2.71 bits per heavy atom. The second kappa shape index (κ2) is 7.02. The number of alkyl halides is 1. The van der Waals surface area contributed by atoms with Gasteiger partial charge in [0.2, 0.25) is 0 Å². The van der Waals surface area contributed by atoms with E-state index in [0.29, 0.717) is 10.6 Å². The summed E-state index contributed by atoms with van der Waals surface area (Å²) in [5, 5.41) is 4.50. The Balaban J connectivity index is 2.75. The summed E-state index contributed by atoms with van der Waals surface area (Å²) in [6.45, 7) is 4.00. The summed E-state index contributed by atoms with van der Waals surface area (Å²) in [5.74, 6) is -0.0524. The number of amides is 1. The van der Waals surface area contributed by atoms with E-state index in [4.69, 9.17) is 11.6 Å². The molecule has 1 unspecified atom stereocenters. The molecule has 0 aliphatic carbocycles. The Labute approximate surface area is 116 Å². The molecule has 0 aliphatic heterocycles. The Morgan fingerprint density at radius 1 is 1.47 bits per heavy atom. The molecule has 0 fully saturated rings. The third kappa shape index (κ3) is 4.68. The van der Waals surface area contributed by atoms with Gasteiger partial charge in [0.1, 0.15) is 0 Å². The van der Waals surface area contributed by atoms with Gasteiger partial charge in [-0.25, -0.2) is 0 Å². The molecule has 0 heterocycles. The van der Waals surface area contributed by atoms with E-state index in [0.717, 1.165) is 23.7 Å². The number of aryl methyl sites for hydroxylation is 1. The fourth-order valence-corrected chi connectivity index (χ4v) is 2.49. The molecule has 1 aromatic carbocycles. The Hall–Kier alpha value is -0.540. The van der Waals surface area contributed by atoms with Crippen LogP contribution in [0.4, 0.5) is 0 Å². The van der Waals surface area contributed by atoms with Crippen molar-refractivity contribution in [2.75, 3.05) is 5.33 Å². The lowest BCUT2D eigenvalue weighted by atomic mass is 10.1. The number of nitrogens with one attached hydrogen (secondary N) is 1. The van der Waals surface area contributed by atoms with Gasteiger partial charge in [-0.3, -0.25) is 4.79 Å². The van der Waals surface area contributed by atoms with E-state index in [1.807, 2.05) is 19.1 Å². The number of hydrogen-bond donors (Lipinski definition) is 1. The molecule has 2 nitrogen and oxygen atoms in total. The van der Waals surface area contributed by atoms with Gasteiger partial charge in [0, 0.05) is 22.0 Å². The van der Waals surface area contributed by atoms with E-state index in [-0.39, 0.29) is 11.9 Å². The topological polar surface area (TPSA) is 29.1 Å². The highest BCUT2D eigenvalue weighted by Crippen LogP contribution is 2.15. The summed E-state index contributed by atoms with van der Waals surface area (Å²) in [4.78, 5) is 12.0. The maximum Gasteiger partial charge on any atom is 0.251 e. The molecule has 0 saturated carbocycles. The minimum absolute atomic E-state index is 0.0524. The first-order valence-electron chi connectivity index (χ1n) is 5.70. The SMILES string of the molecule is CCC(CCBr)NC(=O)c1cc(C)cc(Cl)c1. The van der Waals surface area contributed by atoms with Crippen LogP contribution in [0.3, 0.4) is 0 Å².